The van der Waals surface area contributed by atoms with Crippen molar-refractivity contribution < 1.29 is 13.5 Å². The molecule has 122 valence electrons. The molecule has 0 aliphatic carbocycles. The number of rotatable bonds is 9. The van der Waals surface area contributed by atoms with Gasteiger partial charge in [0.1, 0.15) is 4.90 Å². The van der Waals surface area contributed by atoms with Crippen molar-refractivity contribution in [2.75, 3.05) is 25.0 Å². The van der Waals surface area contributed by atoms with E-state index in [2.05, 4.69) is 10.0 Å². The number of aliphatic hydroxyl groups is 1. The van der Waals surface area contributed by atoms with Crippen LogP contribution in [-0.4, -0.2) is 33.2 Å². The number of hydrogen-bond donors (Lipinski definition) is 3. The molecule has 1 aromatic carbocycles. The third-order valence-electron chi connectivity index (χ3n) is 3.06. The number of aliphatic hydroxyl groups excluding tert-OH is 1. The molecule has 7 heteroatoms. The Hall–Kier alpha value is -1.62. The van der Waals surface area contributed by atoms with Crippen LogP contribution >= 0.6 is 0 Å². The SMILES string of the molecule is CC(C)CCNS(=O)(=O)c1ccc(C#N)cc1NCCCO. The van der Waals surface area contributed by atoms with E-state index < -0.39 is 10.0 Å². The fraction of sp³-hybridized carbons (Fsp3) is 0.533. The van der Waals surface area contributed by atoms with Gasteiger partial charge in [-0.3, -0.25) is 0 Å². The van der Waals surface area contributed by atoms with Crippen LogP contribution in [0.25, 0.3) is 0 Å². The lowest BCUT2D eigenvalue weighted by Crippen LogP contribution is -2.26. The monoisotopic (exact) mass is 325 g/mol. The van der Waals surface area contributed by atoms with Crippen molar-refractivity contribution in [3.8, 4) is 6.07 Å². The first-order chi connectivity index (χ1) is 10.4. The average Bonchev–Trinajstić information content (AvgIpc) is 2.46. The summed E-state index contributed by atoms with van der Waals surface area (Å²) in [6.45, 7) is 4.87. The molecule has 0 atom stereocenters. The van der Waals surface area contributed by atoms with E-state index in [0.717, 1.165) is 6.42 Å². The second kappa shape index (κ2) is 8.73. The quantitative estimate of drug-likeness (QED) is 0.599. The van der Waals surface area contributed by atoms with Crippen LogP contribution in [0.2, 0.25) is 0 Å². The molecule has 0 aliphatic heterocycles. The van der Waals surface area contributed by atoms with Crippen molar-refractivity contribution in [2.45, 2.75) is 31.6 Å². The second-order valence-electron chi connectivity index (χ2n) is 5.41. The number of sulfonamides is 1. The minimum absolute atomic E-state index is 0.0136. The van der Waals surface area contributed by atoms with Crippen LogP contribution in [-0.2, 0) is 10.0 Å². The Balaban J connectivity index is 2.97. The molecule has 0 heterocycles. The maximum atomic E-state index is 12.4. The number of nitriles is 1. The van der Waals surface area contributed by atoms with Crippen molar-refractivity contribution in [1.29, 1.82) is 5.26 Å². The van der Waals surface area contributed by atoms with Gasteiger partial charge in [-0.15, -0.1) is 0 Å². The fourth-order valence-corrected chi connectivity index (χ4v) is 3.04. The van der Waals surface area contributed by atoms with Gasteiger partial charge in [-0.2, -0.15) is 5.26 Å². The maximum absolute atomic E-state index is 12.4. The largest absolute Gasteiger partial charge is 0.396 e. The molecule has 0 saturated carbocycles. The van der Waals surface area contributed by atoms with E-state index in [1.807, 2.05) is 19.9 Å². The maximum Gasteiger partial charge on any atom is 0.242 e. The predicted molar refractivity (Wildman–Crippen MR) is 86.0 cm³/mol. The molecule has 3 N–H and O–H groups in total. The third kappa shape index (κ3) is 5.64. The molecule has 22 heavy (non-hydrogen) atoms. The highest BCUT2D eigenvalue weighted by Gasteiger charge is 2.18. The zero-order valence-electron chi connectivity index (χ0n) is 13.0. The fourth-order valence-electron chi connectivity index (χ4n) is 1.83. The minimum atomic E-state index is -3.63. The van der Waals surface area contributed by atoms with Gasteiger partial charge in [0.25, 0.3) is 0 Å². The van der Waals surface area contributed by atoms with Crippen molar-refractivity contribution in [1.82, 2.24) is 4.72 Å². The Kier molecular flexibility index (Phi) is 7.32. The smallest absolute Gasteiger partial charge is 0.242 e. The summed E-state index contributed by atoms with van der Waals surface area (Å²) in [6, 6.07) is 6.41. The van der Waals surface area contributed by atoms with Crippen molar-refractivity contribution in [3.05, 3.63) is 23.8 Å². The van der Waals surface area contributed by atoms with Crippen LogP contribution in [0.4, 0.5) is 5.69 Å². The molecule has 0 bridgehead atoms. The minimum Gasteiger partial charge on any atom is -0.396 e. The van der Waals surface area contributed by atoms with Crippen LogP contribution < -0.4 is 10.0 Å². The van der Waals surface area contributed by atoms with Gasteiger partial charge in [0.15, 0.2) is 0 Å². The third-order valence-corrected chi connectivity index (χ3v) is 4.58. The lowest BCUT2D eigenvalue weighted by atomic mass is 10.1. The molecule has 1 rings (SSSR count). The van der Waals surface area contributed by atoms with Gasteiger partial charge in [-0.05, 0) is 37.0 Å². The number of anilines is 1. The van der Waals surface area contributed by atoms with Gasteiger partial charge in [0.05, 0.1) is 17.3 Å². The average molecular weight is 325 g/mol. The van der Waals surface area contributed by atoms with Crippen molar-refractivity contribution in [3.63, 3.8) is 0 Å². The standard InChI is InChI=1S/C15H23N3O3S/c1-12(2)6-8-18-22(20,21)15-5-4-13(11-16)10-14(15)17-7-3-9-19/h4-5,10,12,17-19H,3,6-9H2,1-2H3. The Morgan fingerprint density at radius 1 is 1.32 bits per heavy atom. The van der Waals surface area contributed by atoms with Gasteiger partial charge >= 0.3 is 0 Å². The first-order valence-corrected chi connectivity index (χ1v) is 8.77. The van der Waals surface area contributed by atoms with E-state index in [9.17, 15) is 8.42 Å². The number of hydrogen-bond acceptors (Lipinski definition) is 5. The summed E-state index contributed by atoms with van der Waals surface area (Å²) in [5, 5.41) is 20.7. The van der Waals surface area contributed by atoms with Gasteiger partial charge in [-0.25, -0.2) is 13.1 Å². The van der Waals surface area contributed by atoms with Crippen molar-refractivity contribution >= 4 is 15.7 Å². The molecule has 0 aromatic heterocycles. The summed E-state index contributed by atoms with van der Waals surface area (Å²) in [5.41, 5.74) is 0.761. The number of nitrogens with one attached hydrogen (secondary N) is 2. The molecule has 0 saturated heterocycles. The van der Waals surface area contributed by atoms with E-state index in [0.29, 0.717) is 36.7 Å². The zero-order chi connectivity index (χ0) is 16.6. The molecule has 6 nitrogen and oxygen atoms in total. The molecule has 0 amide bonds. The van der Waals surface area contributed by atoms with Crippen LogP contribution in [0.5, 0.6) is 0 Å². The number of benzene rings is 1. The highest BCUT2D eigenvalue weighted by Crippen LogP contribution is 2.22. The summed E-state index contributed by atoms with van der Waals surface area (Å²) >= 11 is 0. The summed E-state index contributed by atoms with van der Waals surface area (Å²) < 4.78 is 27.3. The van der Waals surface area contributed by atoms with E-state index in [4.69, 9.17) is 10.4 Å². The first-order valence-electron chi connectivity index (χ1n) is 7.29. The van der Waals surface area contributed by atoms with Crippen LogP contribution in [0, 0.1) is 17.2 Å². The van der Waals surface area contributed by atoms with Gasteiger partial charge < -0.3 is 10.4 Å². The Labute approximate surface area is 132 Å². The van der Waals surface area contributed by atoms with Crippen LogP contribution in [0.3, 0.4) is 0 Å². The molecule has 0 aliphatic rings. The Morgan fingerprint density at radius 2 is 2.05 bits per heavy atom. The molecule has 0 radical (unpaired) electrons. The van der Waals surface area contributed by atoms with E-state index in [-0.39, 0.29) is 11.5 Å². The molecule has 1 aromatic rings. The van der Waals surface area contributed by atoms with Gasteiger partial charge in [-0.1, -0.05) is 13.8 Å². The summed E-state index contributed by atoms with van der Waals surface area (Å²) in [5.74, 6) is 0.408. The highest BCUT2D eigenvalue weighted by atomic mass is 32.2. The molecule has 0 fully saturated rings. The predicted octanol–water partition coefficient (Wildman–Crippen LogP) is 1.68. The molecular weight excluding hydrogens is 302 g/mol. The zero-order valence-corrected chi connectivity index (χ0v) is 13.8. The van der Waals surface area contributed by atoms with E-state index in [1.165, 1.54) is 18.2 Å². The molecular formula is C15H23N3O3S. The normalized spacial score (nSPS) is 11.4. The van der Waals surface area contributed by atoms with Crippen LogP contribution in [0.1, 0.15) is 32.3 Å². The lowest BCUT2D eigenvalue weighted by molar-refractivity contribution is 0.292. The summed E-state index contributed by atoms with van der Waals surface area (Å²) in [6.07, 6.45) is 1.25. The Morgan fingerprint density at radius 3 is 2.64 bits per heavy atom. The van der Waals surface area contributed by atoms with Crippen LogP contribution in [0.15, 0.2) is 23.1 Å². The molecule has 0 spiro atoms. The lowest BCUT2D eigenvalue weighted by Gasteiger charge is -2.14. The Bertz CT molecular complexity index is 621. The first kappa shape index (κ1) is 18.4. The van der Waals surface area contributed by atoms with Gasteiger partial charge in [0.2, 0.25) is 10.0 Å². The highest BCUT2D eigenvalue weighted by molar-refractivity contribution is 7.89. The molecule has 0 unspecified atom stereocenters. The van der Waals surface area contributed by atoms with Gasteiger partial charge in [0, 0.05) is 19.7 Å². The van der Waals surface area contributed by atoms with E-state index >= 15 is 0 Å². The summed E-state index contributed by atoms with van der Waals surface area (Å²) in [4.78, 5) is 0.119. The van der Waals surface area contributed by atoms with E-state index in [1.54, 1.807) is 0 Å². The summed E-state index contributed by atoms with van der Waals surface area (Å²) in [7, 11) is -3.63. The number of nitrogens with zero attached hydrogens (tertiary/aromatic N) is 1. The van der Waals surface area contributed by atoms with Crippen molar-refractivity contribution in [2.24, 2.45) is 5.92 Å². The second-order valence-corrected chi connectivity index (χ2v) is 7.14. The topological polar surface area (TPSA) is 102 Å².